The monoisotopic (exact) mass is 1550 g/mol. The van der Waals surface area contributed by atoms with Crippen LogP contribution in [0.4, 0.5) is 39.2 Å². The van der Waals surface area contributed by atoms with Crippen LogP contribution in [0.1, 0.15) is 114 Å². The highest BCUT2D eigenvalue weighted by atomic mass is 32.1. The lowest BCUT2D eigenvalue weighted by molar-refractivity contribution is -0.112. The van der Waals surface area contributed by atoms with Gasteiger partial charge < -0.3 is 40.2 Å². The van der Waals surface area contributed by atoms with E-state index in [4.69, 9.17) is 9.47 Å². The molecule has 8 aromatic heterocycles. The molecule has 0 radical (unpaired) electrons. The van der Waals surface area contributed by atoms with Crippen LogP contribution in [0.2, 0.25) is 0 Å². The molecule has 8 heterocycles. The van der Waals surface area contributed by atoms with Crippen molar-refractivity contribution >= 4 is 214 Å². The first kappa shape index (κ1) is 77.5. The first-order valence-corrected chi connectivity index (χ1v) is 36.4. The fourth-order valence-electron chi connectivity index (χ4n) is 8.64. The third kappa shape index (κ3) is 22.2. The number of nitrogens with zero attached hydrogens (tertiary/aromatic N) is 6. The molecule has 38 heteroatoms. The van der Waals surface area contributed by atoms with Crippen molar-refractivity contribution in [1.29, 1.82) is 0 Å². The van der Waals surface area contributed by atoms with E-state index in [1.807, 2.05) is 48.5 Å². The van der Waals surface area contributed by atoms with Gasteiger partial charge in [0.2, 0.25) is 11.8 Å². The molecule has 0 aliphatic carbocycles. The van der Waals surface area contributed by atoms with Gasteiger partial charge in [-0.05, 0) is 160 Å². The van der Waals surface area contributed by atoms with Gasteiger partial charge in [-0.2, -0.15) is 30.8 Å². The molecule has 4 aromatic carbocycles. The molecule has 0 fully saturated rings. The van der Waals surface area contributed by atoms with Crippen molar-refractivity contribution in [2.45, 2.75) is 53.8 Å². The fourth-order valence-corrected chi connectivity index (χ4v) is 13.5. The summed E-state index contributed by atoms with van der Waals surface area (Å²) in [6.07, 6.45) is 1.90. The standard InChI is InChI=1S/C19H17N3O4S2.C18H15N3O4S2.C16H15N5O4S.C15H13N5O4S/c1-11(2)26-19(25)22-17(24)12-9-10-27-18(12)21-15(23)7-8-16-20-13-5-3-4-6-14(13)28-16;1-2-25-18(24)21-16(23)11-9-10-26-17(11)20-14(22)7-8-15-19-12-5-3-4-6-13(12)27-15;1-8(2)25-16(24)18-14(23)10-5-6-26-15(10)17-13(22)9-3-4-11-12(7-9)20-21-19-11;1-2-24-15(23)17-13(22)9-5-6-25-14(9)16-12(21)8-3-4-10-11(7-8)19-20-18-10/h3-11H,1-2H3,(H,21,23)(H,22,24,25);3-10H,2H2,1H3,(H,20,22)(H,21,23,24);3-8H,1-2H3,(H,17,22)(H,18,23,24)(H,19,20,21);3-7H,2H2,1H3,(H,16,21)(H,17,22,23)(H,18,19,20)/b2*8-7+;;. The second-order valence-corrected chi connectivity index (χ2v) is 27.3. The number of nitrogens with one attached hydrogen (secondary N) is 10. The predicted octanol–water partition coefficient (Wildman–Crippen LogP) is 12.9. The number of hydrogen-bond acceptors (Lipinski definition) is 28. The van der Waals surface area contributed by atoms with Gasteiger partial charge >= 0.3 is 24.4 Å². The molecule has 0 atom stereocenters. The summed E-state index contributed by atoms with van der Waals surface area (Å²) in [7, 11) is 0. The van der Waals surface area contributed by atoms with Gasteiger partial charge in [-0.15, -0.1) is 68.0 Å². The highest BCUT2D eigenvalue weighted by Gasteiger charge is 2.23. The summed E-state index contributed by atoms with van der Waals surface area (Å²) in [5.41, 5.74) is 5.59. The maximum atomic E-state index is 12.4. The predicted molar refractivity (Wildman–Crippen MR) is 403 cm³/mol. The number of thiophene rings is 4. The number of rotatable bonds is 18. The number of carbonyl (C=O) groups is 12. The van der Waals surface area contributed by atoms with Gasteiger partial charge in [-0.25, -0.2) is 29.1 Å². The van der Waals surface area contributed by atoms with E-state index in [0.717, 1.165) is 20.4 Å². The van der Waals surface area contributed by atoms with Crippen LogP contribution >= 0.6 is 68.0 Å². The van der Waals surface area contributed by atoms with Gasteiger partial charge in [-0.1, -0.05) is 24.3 Å². The molecule has 0 saturated heterocycles. The van der Waals surface area contributed by atoms with Gasteiger partial charge in [0.15, 0.2) is 0 Å². The first-order chi connectivity index (χ1) is 51.0. The van der Waals surface area contributed by atoms with Crippen molar-refractivity contribution in [3.05, 3.63) is 186 Å². The summed E-state index contributed by atoms with van der Waals surface area (Å²) in [5.74, 6) is -4.20. The third-order valence-corrected chi connectivity index (χ3v) is 18.5. The molecular formula is C68H60N16O16S6. The Kier molecular flexibility index (Phi) is 27.4. The Morgan fingerprint density at radius 2 is 0.726 bits per heavy atom. The molecule has 106 heavy (non-hydrogen) atoms. The van der Waals surface area contributed by atoms with Crippen LogP contribution in [0.3, 0.4) is 0 Å². The van der Waals surface area contributed by atoms with E-state index in [2.05, 4.69) is 92.8 Å². The number of carbonyl (C=O) groups excluding carboxylic acids is 12. The number of benzene rings is 4. The molecule has 0 saturated carbocycles. The number of H-pyrrole nitrogens is 2. The van der Waals surface area contributed by atoms with Crippen LogP contribution in [-0.4, -0.2) is 138 Å². The summed E-state index contributed by atoms with van der Waals surface area (Å²) >= 11 is 7.65. The van der Waals surface area contributed by atoms with Crippen LogP contribution in [0.15, 0.2) is 143 Å². The van der Waals surface area contributed by atoms with Crippen LogP contribution in [-0.2, 0) is 28.5 Å². The van der Waals surface area contributed by atoms with Crippen molar-refractivity contribution in [3.63, 3.8) is 0 Å². The number of alkyl carbamates (subject to hydrolysis) is 4. The number of anilines is 4. The van der Waals surface area contributed by atoms with Crippen molar-refractivity contribution in [2.24, 2.45) is 0 Å². The Morgan fingerprint density at radius 1 is 0.396 bits per heavy atom. The fraction of sp³-hybridized carbons (Fsp3) is 0.147. The van der Waals surface area contributed by atoms with Crippen LogP contribution < -0.4 is 42.5 Å². The van der Waals surface area contributed by atoms with E-state index >= 15 is 0 Å². The van der Waals surface area contributed by atoms with E-state index in [9.17, 15) is 57.5 Å². The van der Waals surface area contributed by atoms with Gasteiger partial charge in [0.25, 0.3) is 35.4 Å². The topological polar surface area (TPSA) is 447 Å². The zero-order valence-electron chi connectivity index (χ0n) is 56.2. The summed E-state index contributed by atoms with van der Waals surface area (Å²) in [6.45, 7) is 10.3. The highest BCUT2D eigenvalue weighted by molar-refractivity contribution is 7.20. The number of imide groups is 4. The Hall–Kier alpha value is -12.6. The first-order valence-electron chi connectivity index (χ1n) is 31.2. The molecule has 32 nitrogen and oxygen atoms in total. The average molecular weight is 1550 g/mol. The average Bonchev–Trinajstić information content (AvgIpc) is 1.56. The number of fused-ring (bicyclic) bond motifs is 4. The molecule has 10 N–H and O–H groups in total. The van der Waals surface area contributed by atoms with Crippen molar-refractivity contribution in [3.8, 4) is 0 Å². The SMILES string of the molecule is CC(C)OC(=O)NC(=O)c1ccsc1NC(=O)/C=C/c1nc2ccccc2s1.CC(C)OC(=O)NC(=O)c1ccsc1NC(=O)c1ccc2n[nH]nc2c1.CCOC(=O)NC(=O)c1ccsc1NC(=O)/C=C/c1nc2ccccc2s1.CCOC(=O)NC(=O)c1ccsc1NC(=O)c1ccc2n[nH]nc2c1. The quantitative estimate of drug-likeness (QED) is 0.0282. The number of amides is 12. The number of aromatic amines is 2. The summed E-state index contributed by atoms with van der Waals surface area (Å²) in [4.78, 5) is 152. The molecular weight excluding hydrogens is 1490 g/mol. The van der Waals surface area contributed by atoms with Gasteiger partial charge in [0.05, 0.1) is 68.1 Å². The van der Waals surface area contributed by atoms with Crippen LogP contribution in [0, 0.1) is 0 Å². The third-order valence-electron chi connectivity index (χ3n) is 13.2. The molecule has 12 aromatic rings. The molecule has 0 bridgehead atoms. The Morgan fingerprint density at radius 3 is 1.07 bits per heavy atom. The normalized spacial score (nSPS) is 10.8. The van der Waals surface area contributed by atoms with Gasteiger partial charge in [-0.3, -0.25) is 59.6 Å². The number of ether oxygens (including phenoxy) is 4. The lowest BCUT2D eigenvalue weighted by Crippen LogP contribution is -2.32. The minimum absolute atomic E-state index is 0.150. The van der Waals surface area contributed by atoms with Crippen LogP contribution in [0.25, 0.3) is 54.7 Å². The maximum Gasteiger partial charge on any atom is 0.414 e. The van der Waals surface area contributed by atoms with E-state index in [0.29, 0.717) is 63.2 Å². The lowest BCUT2D eigenvalue weighted by atomic mass is 10.2. The molecule has 12 rings (SSSR count). The minimum atomic E-state index is -0.843. The van der Waals surface area contributed by atoms with Gasteiger partial charge in [0, 0.05) is 23.3 Å². The van der Waals surface area contributed by atoms with Gasteiger partial charge in [0.1, 0.15) is 52.1 Å². The number of hydrogen-bond donors (Lipinski definition) is 10. The molecule has 0 unspecified atom stereocenters. The Labute approximate surface area is 623 Å². The summed E-state index contributed by atoms with van der Waals surface area (Å²) < 4.78 is 21.2. The number of aromatic nitrogens is 8. The lowest BCUT2D eigenvalue weighted by Gasteiger charge is -2.09. The molecule has 0 aliphatic rings. The Bertz CT molecular complexity index is 5230. The zero-order valence-corrected chi connectivity index (χ0v) is 61.1. The van der Waals surface area contributed by atoms with Crippen LogP contribution in [0.5, 0.6) is 0 Å². The second kappa shape index (κ2) is 37.5. The van der Waals surface area contributed by atoms with Crippen molar-refractivity contribution < 1.29 is 76.5 Å². The smallest absolute Gasteiger partial charge is 0.414 e. The highest BCUT2D eigenvalue weighted by Crippen LogP contribution is 2.29. The second-order valence-electron chi connectivity index (χ2n) is 21.5. The molecule has 0 spiro atoms. The van der Waals surface area contributed by atoms with E-state index in [-0.39, 0.29) is 47.7 Å². The minimum Gasteiger partial charge on any atom is -0.450 e. The molecule has 544 valence electrons. The van der Waals surface area contributed by atoms with Crippen molar-refractivity contribution in [2.75, 3.05) is 34.5 Å². The number of thiazole rings is 2. The molecule has 12 amide bonds. The summed E-state index contributed by atoms with van der Waals surface area (Å²) in [6, 6.07) is 31.2. The van der Waals surface area contributed by atoms with Crippen molar-refractivity contribution in [1.82, 2.24) is 62.1 Å². The van der Waals surface area contributed by atoms with E-state index in [1.165, 1.54) is 104 Å². The Balaban J connectivity index is 0.000000164. The zero-order chi connectivity index (χ0) is 75.8. The number of para-hydroxylation sites is 2. The maximum absolute atomic E-state index is 12.4. The molecule has 0 aliphatic heterocycles. The summed E-state index contributed by atoms with van der Waals surface area (Å²) in [5, 5.41) is 49.0. The van der Waals surface area contributed by atoms with E-state index < -0.39 is 71.6 Å². The van der Waals surface area contributed by atoms with E-state index in [1.54, 1.807) is 112 Å². The largest absolute Gasteiger partial charge is 0.450 e.